The van der Waals surface area contributed by atoms with Crippen LogP contribution in [0.25, 0.3) is 16.6 Å². The number of nitrogens with two attached hydrogens (primary N) is 1. The van der Waals surface area contributed by atoms with Gasteiger partial charge in [-0.1, -0.05) is 11.6 Å². The highest BCUT2D eigenvalue weighted by atomic mass is 35.5. The van der Waals surface area contributed by atoms with E-state index < -0.39 is 0 Å². The fourth-order valence-corrected chi connectivity index (χ4v) is 4.43. The van der Waals surface area contributed by atoms with Crippen LogP contribution in [0.3, 0.4) is 0 Å². The minimum Gasteiger partial charge on any atom is -0.465 e. The quantitative estimate of drug-likeness (QED) is 0.421. The fraction of sp³-hybridized carbons (Fsp3) is 0.417. The number of benzene rings is 1. The van der Waals surface area contributed by atoms with Crippen molar-refractivity contribution >= 4 is 28.5 Å². The molecule has 0 unspecified atom stereocenters. The lowest BCUT2D eigenvalue weighted by atomic mass is 9.89. The number of aromatic nitrogens is 2. The van der Waals surface area contributed by atoms with Gasteiger partial charge in [0, 0.05) is 28.5 Å². The number of piperidine rings is 1. The molecular formula is C24H29ClN4O2. The van der Waals surface area contributed by atoms with Crippen LogP contribution in [0.4, 0.5) is 0 Å². The summed E-state index contributed by atoms with van der Waals surface area (Å²) in [5.74, 6) is 0.316. The van der Waals surface area contributed by atoms with Crippen LogP contribution in [0.15, 0.2) is 48.9 Å². The third-order valence-corrected chi connectivity index (χ3v) is 6.24. The summed E-state index contributed by atoms with van der Waals surface area (Å²) >= 11 is 6.07. The van der Waals surface area contributed by atoms with Gasteiger partial charge in [0.05, 0.1) is 24.9 Å². The molecule has 0 spiro atoms. The second-order valence-electron chi connectivity index (χ2n) is 8.09. The summed E-state index contributed by atoms with van der Waals surface area (Å²) in [4.78, 5) is 18.6. The molecule has 1 saturated heterocycles. The van der Waals surface area contributed by atoms with Crippen molar-refractivity contribution < 1.29 is 9.53 Å². The van der Waals surface area contributed by atoms with E-state index in [9.17, 15) is 4.79 Å². The van der Waals surface area contributed by atoms with Crippen LogP contribution in [0.1, 0.15) is 37.2 Å². The SMILES string of the molecule is NCCCCOC(=O)CN1CCC(c2cn(-c3ccc(Cl)cc3)c3cnccc23)CC1. The molecule has 1 aromatic carbocycles. The Labute approximate surface area is 187 Å². The first-order chi connectivity index (χ1) is 15.2. The lowest BCUT2D eigenvalue weighted by Gasteiger charge is -2.31. The summed E-state index contributed by atoms with van der Waals surface area (Å²) in [6.07, 6.45) is 9.76. The lowest BCUT2D eigenvalue weighted by Crippen LogP contribution is -2.37. The molecule has 4 rings (SSSR count). The molecule has 0 amide bonds. The molecule has 0 aliphatic carbocycles. The van der Waals surface area contributed by atoms with E-state index in [0.717, 1.165) is 55.0 Å². The number of halogens is 1. The number of carbonyl (C=O) groups excluding carboxylic acids is 1. The molecule has 0 bridgehead atoms. The zero-order valence-corrected chi connectivity index (χ0v) is 18.4. The van der Waals surface area contributed by atoms with Gasteiger partial charge in [-0.05, 0) is 87.1 Å². The number of hydrogen-bond donors (Lipinski definition) is 1. The van der Waals surface area contributed by atoms with Crippen molar-refractivity contribution in [3.05, 3.63) is 59.5 Å². The molecule has 0 radical (unpaired) electrons. The van der Waals surface area contributed by atoms with E-state index in [4.69, 9.17) is 22.1 Å². The first-order valence-electron chi connectivity index (χ1n) is 10.9. The van der Waals surface area contributed by atoms with E-state index in [2.05, 4.69) is 26.7 Å². The van der Waals surface area contributed by atoms with Gasteiger partial charge in [-0.2, -0.15) is 0 Å². The molecule has 0 saturated carbocycles. The molecule has 1 aliphatic rings. The van der Waals surface area contributed by atoms with Crippen molar-refractivity contribution in [2.45, 2.75) is 31.6 Å². The summed E-state index contributed by atoms with van der Waals surface area (Å²) in [5.41, 5.74) is 8.99. The Morgan fingerprint density at radius 1 is 1.16 bits per heavy atom. The monoisotopic (exact) mass is 440 g/mol. The number of pyridine rings is 1. The first-order valence-corrected chi connectivity index (χ1v) is 11.3. The molecule has 164 valence electrons. The Kier molecular flexibility index (Phi) is 7.22. The number of unbranched alkanes of at least 4 members (excludes halogenated alkanes) is 1. The average molecular weight is 441 g/mol. The third-order valence-electron chi connectivity index (χ3n) is 5.99. The molecule has 2 N–H and O–H groups in total. The lowest BCUT2D eigenvalue weighted by molar-refractivity contribution is -0.145. The largest absolute Gasteiger partial charge is 0.465 e. The number of hydrogen-bond acceptors (Lipinski definition) is 5. The maximum absolute atomic E-state index is 12.1. The van der Waals surface area contributed by atoms with E-state index in [1.807, 2.05) is 36.7 Å². The number of esters is 1. The minimum atomic E-state index is -0.138. The van der Waals surface area contributed by atoms with Crippen LogP contribution < -0.4 is 5.73 Å². The zero-order valence-electron chi connectivity index (χ0n) is 17.7. The maximum Gasteiger partial charge on any atom is 0.320 e. The second-order valence-corrected chi connectivity index (χ2v) is 8.53. The standard InChI is InChI=1S/C24H29ClN4O2/c25-19-3-5-20(6-4-19)29-16-22(21-7-11-27-15-23(21)29)18-8-12-28(13-9-18)17-24(30)31-14-2-1-10-26/h3-7,11,15-16,18H,1-2,8-10,12-14,17,26H2. The van der Waals surface area contributed by atoms with E-state index in [1.165, 1.54) is 10.9 Å². The van der Waals surface area contributed by atoms with E-state index in [0.29, 0.717) is 25.6 Å². The van der Waals surface area contributed by atoms with E-state index in [-0.39, 0.29) is 5.97 Å². The van der Waals surface area contributed by atoms with E-state index in [1.54, 1.807) is 0 Å². The van der Waals surface area contributed by atoms with Gasteiger partial charge < -0.3 is 15.0 Å². The van der Waals surface area contributed by atoms with Crippen molar-refractivity contribution in [1.82, 2.24) is 14.5 Å². The smallest absolute Gasteiger partial charge is 0.320 e. The number of fused-ring (bicyclic) bond motifs is 1. The average Bonchev–Trinajstić information content (AvgIpc) is 3.18. The van der Waals surface area contributed by atoms with Crippen LogP contribution >= 0.6 is 11.6 Å². The van der Waals surface area contributed by atoms with Crippen LogP contribution in [-0.2, 0) is 9.53 Å². The Bertz CT molecular complexity index is 1010. The number of likely N-dealkylation sites (tertiary alicyclic amines) is 1. The van der Waals surface area contributed by atoms with Crippen molar-refractivity contribution in [2.75, 3.05) is 32.8 Å². The van der Waals surface area contributed by atoms with Crippen LogP contribution in [0.5, 0.6) is 0 Å². The highest BCUT2D eigenvalue weighted by Crippen LogP contribution is 2.35. The highest BCUT2D eigenvalue weighted by Gasteiger charge is 2.25. The molecule has 31 heavy (non-hydrogen) atoms. The number of ether oxygens (including phenoxy) is 1. The molecule has 1 fully saturated rings. The van der Waals surface area contributed by atoms with Gasteiger partial charge in [-0.25, -0.2) is 0 Å². The van der Waals surface area contributed by atoms with Gasteiger partial charge in [-0.3, -0.25) is 14.7 Å². The minimum absolute atomic E-state index is 0.138. The van der Waals surface area contributed by atoms with Crippen molar-refractivity contribution in [3.8, 4) is 5.69 Å². The fourth-order valence-electron chi connectivity index (χ4n) is 4.30. The summed E-state index contributed by atoms with van der Waals surface area (Å²) in [6, 6.07) is 9.97. The Morgan fingerprint density at radius 3 is 2.68 bits per heavy atom. The summed E-state index contributed by atoms with van der Waals surface area (Å²) in [7, 11) is 0. The molecule has 1 aliphatic heterocycles. The molecule has 6 nitrogen and oxygen atoms in total. The predicted octanol–water partition coefficient (Wildman–Crippen LogP) is 4.14. The Balaban J connectivity index is 1.42. The van der Waals surface area contributed by atoms with Crippen molar-refractivity contribution in [2.24, 2.45) is 5.73 Å². The predicted molar refractivity (Wildman–Crippen MR) is 124 cm³/mol. The van der Waals surface area contributed by atoms with Gasteiger partial charge in [-0.15, -0.1) is 0 Å². The molecule has 0 atom stereocenters. The van der Waals surface area contributed by atoms with Crippen LogP contribution in [0, 0.1) is 0 Å². The summed E-state index contributed by atoms with van der Waals surface area (Å²) in [5, 5.41) is 1.96. The second kappa shape index (κ2) is 10.3. The van der Waals surface area contributed by atoms with Crippen molar-refractivity contribution in [3.63, 3.8) is 0 Å². The Morgan fingerprint density at radius 2 is 1.94 bits per heavy atom. The number of carbonyl (C=O) groups is 1. The number of nitrogens with zero attached hydrogens (tertiary/aromatic N) is 3. The first kappa shape index (κ1) is 21.8. The molecular weight excluding hydrogens is 412 g/mol. The molecule has 3 aromatic rings. The van der Waals surface area contributed by atoms with Crippen molar-refractivity contribution in [1.29, 1.82) is 0 Å². The third kappa shape index (κ3) is 5.26. The van der Waals surface area contributed by atoms with Gasteiger partial charge in [0.15, 0.2) is 0 Å². The molecule has 2 aromatic heterocycles. The maximum atomic E-state index is 12.1. The van der Waals surface area contributed by atoms with Gasteiger partial charge >= 0.3 is 5.97 Å². The Hall–Kier alpha value is -2.41. The zero-order chi connectivity index (χ0) is 21.6. The normalized spacial score (nSPS) is 15.4. The summed E-state index contributed by atoms with van der Waals surface area (Å²) in [6.45, 7) is 3.24. The highest BCUT2D eigenvalue weighted by molar-refractivity contribution is 6.30. The summed E-state index contributed by atoms with van der Waals surface area (Å²) < 4.78 is 7.51. The van der Waals surface area contributed by atoms with Gasteiger partial charge in [0.2, 0.25) is 0 Å². The number of rotatable bonds is 8. The topological polar surface area (TPSA) is 73.4 Å². The van der Waals surface area contributed by atoms with Crippen LogP contribution in [-0.4, -0.2) is 53.2 Å². The molecule has 3 heterocycles. The van der Waals surface area contributed by atoms with Crippen LogP contribution in [0.2, 0.25) is 5.02 Å². The van der Waals surface area contributed by atoms with E-state index >= 15 is 0 Å². The van der Waals surface area contributed by atoms with Gasteiger partial charge in [0.1, 0.15) is 0 Å². The molecule has 7 heteroatoms. The van der Waals surface area contributed by atoms with Gasteiger partial charge in [0.25, 0.3) is 0 Å².